The number of alkyl halides is 3. The van der Waals surface area contributed by atoms with Crippen LogP contribution in [-0.4, -0.2) is 23.4 Å². The van der Waals surface area contributed by atoms with E-state index in [4.69, 9.17) is 0 Å². The summed E-state index contributed by atoms with van der Waals surface area (Å²) in [5.74, 6) is -0.931. The highest BCUT2D eigenvalue weighted by Gasteiger charge is 2.34. The maximum atomic E-state index is 13.4. The van der Waals surface area contributed by atoms with E-state index in [1.807, 2.05) is 4.72 Å². The molecule has 26 heavy (non-hydrogen) atoms. The molecule has 0 saturated heterocycles. The lowest BCUT2D eigenvalue weighted by Gasteiger charge is -2.13. The van der Waals surface area contributed by atoms with Gasteiger partial charge in [-0.15, -0.1) is 11.3 Å². The Morgan fingerprint density at radius 2 is 1.73 bits per heavy atom. The molecule has 1 heterocycles. The van der Waals surface area contributed by atoms with E-state index in [2.05, 4.69) is 4.72 Å². The van der Waals surface area contributed by atoms with Gasteiger partial charge >= 0.3 is 6.18 Å². The molecule has 0 spiro atoms. The van der Waals surface area contributed by atoms with E-state index in [1.54, 1.807) is 0 Å². The minimum atomic E-state index is -4.71. The van der Waals surface area contributed by atoms with E-state index in [-0.39, 0.29) is 17.9 Å². The molecule has 1 aromatic heterocycles. The van der Waals surface area contributed by atoms with Crippen LogP contribution in [0.3, 0.4) is 0 Å². The van der Waals surface area contributed by atoms with Gasteiger partial charge in [-0.2, -0.15) is 13.2 Å². The first kappa shape index (κ1) is 20.6. The monoisotopic (exact) mass is 432 g/mol. The summed E-state index contributed by atoms with van der Waals surface area (Å²) in [4.78, 5) is -2.50. The molecule has 0 aliphatic heterocycles. The molecule has 2 N–H and O–H groups in total. The number of rotatable bonds is 6. The molecule has 2 rings (SSSR count). The van der Waals surface area contributed by atoms with Crippen LogP contribution in [0.25, 0.3) is 0 Å². The predicted molar refractivity (Wildman–Crippen MR) is 87.4 cm³/mol. The Labute approximate surface area is 151 Å². The van der Waals surface area contributed by atoms with Crippen LogP contribution in [0.4, 0.5) is 23.2 Å². The highest BCUT2D eigenvalue weighted by Crippen LogP contribution is 2.36. The lowest BCUT2D eigenvalue weighted by atomic mass is 10.3. The standard InChI is InChI=1S/C13H12F4N2O4S3/c1-2-18-26(22,23)11-5-8(14)3-4-10(11)19-25(20,21)9-6-12(24-7-9)13(15,16)17/h3-7,18-19H,2H2,1H3. The van der Waals surface area contributed by atoms with E-state index in [0.717, 1.165) is 17.5 Å². The van der Waals surface area contributed by atoms with E-state index < -0.39 is 52.4 Å². The number of halogens is 4. The summed E-state index contributed by atoms with van der Waals surface area (Å²) in [7, 11) is -8.75. The number of thiophene rings is 1. The maximum absolute atomic E-state index is 13.4. The number of hydrogen-bond acceptors (Lipinski definition) is 5. The van der Waals surface area contributed by atoms with Crippen molar-refractivity contribution in [3.05, 3.63) is 40.3 Å². The summed E-state index contributed by atoms with van der Waals surface area (Å²) in [6, 6.07) is 2.71. The summed E-state index contributed by atoms with van der Waals surface area (Å²) in [5, 5.41) is 0.771. The third kappa shape index (κ3) is 4.52. The third-order valence-electron chi connectivity index (χ3n) is 2.98. The van der Waals surface area contributed by atoms with Crippen LogP contribution >= 0.6 is 11.3 Å². The second-order valence-electron chi connectivity index (χ2n) is 4.89. The number of anilines is 1. The van der Waals surface area contributed by atoms with E-state index in [9.17, 15) is 34.4 Å². The summed E-state index contributed by atoms with van der Waals surface area (Å²) in [6.45, 7) is 1.43. The fourth-order valence-electron chi connectivity index (χ4n) is 1.88. The molecule has 0 bridgehead atoms. The number of sulfonamides is 2. The summed E-state index contributed by atoms with van der Waals surface area (Å²) in [6.07, 6.45) is -4.71. The van der Waals surface area contributed by atoms with Gasteiger partial charge in [0.05, 0.1) is 10.6 Å². The maximum Gasteiger partial charge on any atom is 0.425 e. The van der Waals surface area contributed by atoms with Crippen LogP contribution in [0.1, 0.15) is 11.8 Å². The molecule has 0 saturated carbocycles. The van der Waals surface area contributed by atoms with Crippen molar-refractivity contribution < 1.29 is 34.4 Å². The molecule has 0 radical (unpaired) electrons. The van der Waals surface area contributed by atoms with Gasteiger partial charge in [0.2, 0.25) is 10.0 Å². The van der Waals surface area contributed by atoms with Crippen LogP contribution in [0.15, 0.2) is 39.4 Å². The Hall–Kier alpha value is -1.70. The average Bonchev–Trinajstić information content (AvgIpc) is 2.99. The smallest absolute Gasteiger partial charge is 0.278 e. The van der Waals surface area contributed by atoms with Crippen molar-refractivity contribution in [3.63, 3.8) is 0 Å². The van der Waals surface area contributed by atoms with Crippen LogP contribution in [0, 0.1) is 5.82 Å². The molecule has 13 heteroatoms. The zero-order valence-electron chi connectivity index (χ0n) is 13.0. The fraction of sp³-hybridized carbons (Fsp3) is 0.231. The van der Waals surface area contributed by atoms with Gasteiger partial charge in [-0.25, -0.2) is 25.9 Å². The van der Waals surface area contributed by atoms with Crippen molar-refractivity contribution in [2.24, 2.45) is 0 Å². The number of hydrogen-bond donors (Lipinski definition) is 2. The molecule has 0 unspecified atom stereocenters. The first-order valence-corrected chi connectivity index (χ1v) is 10.7. The quantitative estimate of drug-likeness (QED) is 0.687. The van der Waals surface area contributed by atoms with Crippen LogP contribution in [-0.2, 0) is 26.2 Å². The van der Waals surface area contributed by atoms with Gasteiger partial charge in [0.1, 0.15) is 15.6 Å². The number of benzene rings is 1. The van der Waals surface area contributed by atoms with Crippen molar-refractivity contribution >= 4 is 37.1 Å². The van der Waals surface area contributed by atoms with Gasteiger partial charge in [-0.3, -0.25) is 4.72 Å². The Kier molecular flexibility index (Phi) is 5.66. The average molecular weight is 432 g/mol. The first-order chi connectivity index (χ1) is 11.9. The zero-order chi connectivity index (χ0) is 19.8. The third-order valence-corrected chi connectivity index (χ3v) is 7.03. The summed E-state index contributed by atoms with van der Waals surface area (Å²) < 4.78 is 104. The molecule has 2 aromatic rings. The van der Waals surface area contributed by atoms with Gasteiger partial charge in [-0.1, -0.05) is 6.92 Å². The Balaban J connectivity index is 2.46. The first-order valence-electron chi connectivity index (χ1n) is 6.84. The molecule has 0 aliphatic carbocycles. The summed E-state index contributed by atoms with van der Waals surface area (Å²) in [5.41, 5.74) is -0.493. The highest BCUT2D eigenvalue weighted by atomic mass is 32.2. The van der Waals surface area contributed by atoms with Gasteiger partial charge in [0.25, 0.3) is 10.0 Å². The van der Waals surface area contributed by atoms with Crippen molar-refractivity contribution in [2.75, 3.05) is 11.3 Å². The Bertz CT molecular complexity index is 1010. The minimum Gasteiger partial charge on any atom is -0.278 e. The van der Waals surface area contributed by atoms with Gasteiger partial charge < -0.3 is 0 Å². The Morgan fingerprint density at radius 3 is 2.27 bits per heavy atom. The molecular weight excluding hydrogens is 420 g/mol. The van der Waals surface area contributed by atoms with Crippen LogP contribution in [0.5, 0.6) is 0 Å². The predicted octanol–water partition coefficient (Wildman–Crippen LogP) is 3.01. The number of nitrogens with one attached hydrogen (secondary N) is 2. The van der Waals surface area contributed by atoms with Gasteiger partial charge in [0.15, 0.2) is 0 Å². The molecular formula is C13H12F4N2O4S3. The van der Waals surface area contributed by atoms with Crippen molar-refractivity contribution in [1.82, 2.24) is 4.72 Å². The van der Waals surface area contributed by atoms with Gasteiger partial charge in [-0.05, 0) is 24.3 Å². The molecule has 144 valence electrons. The van der Waals surface area contributed by atoms with E-state index >= 15 is 0 Å². The normalized spacial score (nSPS) is 13.0. The molecule has 0 atom stereocenters. The second-order valence-corrected chi connectivity index (χ2v) is 9.22. The summed E-state index contributed by atoms with van der Waals surface area (Å²) >= 11 is 0.179. The highest BCUT2D eigenvalue weighted by molar-refractivity contribution is 7.93. The molecule has 0 aliphatic rings. The largest absolute Gasteiger partial charge is 0.425 e. The van der Waals surface area contributed by atoms with Crippen LogP contribution in [0.2, 0.25) is 0 Å². The molecule has 0 amide bonds. The lowest BCUT2D eigenvalue weighted by Crippen LogP contribution is -2.25. The minimum absolute atomic E-state index is 0.0372. The van der Waals surface area contributed by atoms with E-state index in [0.29, 0.717) is 12.1 Å². The molecule has 6 nitrogen and oxygen atoms in total. The Morgan fingerprint density at radius 1 is 1.08 bits per heavy atom. The van der Waals surface area contributed by atoms with Gasteiger partial charge in [0, 0.05) is 11.9 Å². The fourth-order valence-corrected chi connectivity index (χ4v) is 5.38. The van der Waals surface area contributed by atoms with Crippen molar-refractivity contribution in [1.29, 1.82) is 0 Å². The lowest BCUT2D eigenvalue weighted by molar-refractivity contribution is -0.134. The zero-order valence-corrected chi connectivity index (χ0v) is 15.4. The topological polar surface area (TPSA) is 92.3 Å². The van der Waals surface area contributed by atoms with Crippen LogP contribution < -0.4 is 9.44 Å². The second kappa shape index (κ2) is 7.13. The SMILES string of the molecule is CCNS(=O)(=O)c1cc(F)ccc1NS(=O)(=O)c1csc(C(F)(F)F)c1. The van der Waals surface area contributed by atoms with Crippen molar-refractivity contribution in [3.8, 4) is 0 Å². The molecule has 1 aromatic carbocycles. The van der Waals surface area contributed by atoms with E-state index in [1.165, 1.54) is 6.92 Å². The molecule has 0 fully saturated rings. The van der Waals surface area contributed by atoms with Crippen molar-refractivity contribution in [2.45, 2.75) is 22.9 Å².